The molecule has 2 aliphatic heterocycles. The van der Waals surface area contributed by atoms with Gasteiger partial charge in [-0.3, -0.25) is 0 Å². The molecule has 0 saturated heterocycles. The predicted molar refractivity (Wildman–Crippen MR) is 348 cm³/mol. The van der Waals surface area contributed by atoms with Crippen molar-refractivity contribution >= 4 is 100 Å². The lowest BCUT2D eigenvalue weighted by Gasteiger charge is -2.45. The Morgan fingerprint density at radius 2 is 0.738 bits per heavy atom. The highest BCUT2D eigenvalue weighted by Crippen LogP contribution is 2.55. The Balaban J connectivity index is 1.20. The zero-order chi connectivity index (χ0) is 55.7. The van der Waals surface area contributed by atoms with Crippen LogP contribution < -0.4 is 26.2 Å². The fourth-order valence-corrected chi connectivity index (χ4v) is 13.9. The predicted octanol–water partition coefficient (Wildman–Crippen LogP) is 19.5. The molecule has 80 heavy (non-hydrogen) atoms. The van der Waals surface area contributed by atoms with Gasteiger partial charge in [-0.15, -0.1) is 0 Å². The Bertz CT molecular complexity index is 4150. The third kappa shape index (κ3) is 7.66. The van der Waals surface area contributed by atoms with E-state index >= 15 is 0 Å². The van der Waals surface area contributed by atoms with Crippen LogP contribution in [0.2, 0.25) is 0 Å². The molecular weight excluding hydrogens is 964 g/mol. The lowest BCUT2D eigenvalue weighted by molar-refractivity contribution is 0.568. The van der Waals surface area contributed by atoms with E-state index in [0.29, 0.717) is 0 Å². The monoisotopic (exact) mass is 1040 g/mol. The molecule has 0 atom stereocenters. The van der Waals surface area contributed by atoms with Crippen LogP contribution in [0.3, 0.4) is 0 Å². The van der Waals surface area contributed by atoms with Crippen molar-refractivity contribution in [3.63, 3.8) is 0 Å². The van der Waals surface area contributed by atoms with Crippen molar-refractivity contribution in [3.8, 4) is 22.3 Å². The van der Waals surface area contributed by atoms with Gasteiger partial charge in [-0.05, 0) is 185 Å². The summed E-state index contributed by atoms with van der Waals surface area (Å²) < 4.78 is 0. The summed E-state index contributed by atoms with van der Waals surface area (Å²) in [7, 11) is 0. The molecule has 1 aliphatic carbocycles. The zero-order valence-electron chi connectivity index (χ0n) is 49.4. The number of anilines is 6. The van der Waals surface area contributed by atoms with Crippen molar-refractivity contribution in [1.29, 1.82) is 0 Å². The maximum absolute atomic E-state index is 2.70. The molecule has 0 bridgehead atoms. The van der Waals surface area contributed by atoms with Crippen molar-refractivity contribution in [1.82, 2.24) is 0 Å². The number of hydrogen-bond acceptors (Lipinski definition) is 2. The fraction of sp³-hybridized carbons (Fsp3) is 0.247. The van der Waals surface area contributed by atoms with Gasteiger partial charge in [-0.25, -0.2) is 0 Å². The Morgan fingerprint density at radius 1 is 0.338 bits per heavy atom. The first-order valence-corrected chi connectivity index (χ1v) is 29.2. The van der Waals surface area contributed by atoms with Crippen LogP contribution in [0.1, 0.15) is 130 Å². The van der Waals surface area contributed by atoms with Gasteiger partial charge >= 0.3 is 0 Å². The largest absolute Gasteiger partial charge is 0.311 e. The van der Waals surface area contributed by atoms with Gasteiger partial charge < -0.3 is 9.80 Å². The molecule has 0 radical (unpaired) electrons. The SMILES string of the molecule is CC(C)(C)c1cc(N2c3cc4c(ccc5ccccc54)cc3B3c4cc5ccc6ccccc6c5cc4N(c4cc(C(C)(C)C)cc(C(C)(C)C)c4)c4cc(-c5cccc6c5-c5ccccc5C6(C)C)cc2c43)cc(C(C)(C)C)c1. The van der Waals surface area contributed by atoms with Crippen LogP contribution in [0.15, 0.2) is 188 Å². The Labute approximate surface area is 475 Å². The van der Waals surface area contributed by atoms with E-state index in [1.54, 1.807) is 0 Å². The van der Waals surface area contributed by atoms with Gasteiger partial charge in [0.05, 0.1) is 0 Å². The highest BCUT2D eigenvalue weighted by molar-refractivity contribution is 7.00. The van der Waals surface area contributed by atoms with Crippen LogP contribution in [0.5, 0.6) is 0 Å². The Hall–Kier alpha value is -7.88. The Kier molecular flexibility index (Phi) is 10.7. The smallest absolute Gasteiger partial charge is 0.252 e. The van der Waals surface area contributed by atoms with E-state index in [4.69, 9.17) is 0 Å². The minimum atomic E-state index is -0.160. The molecule has 3 heteroatoms. The topological polar surface area (TPSA) is 6.48 Å². The minimum absolute atomic E-state index is 0.0970. The molecule has 0 spiro atoms. The standard InChI is InChI=1S/C77H73BN2/c1-73(2,3)51-38-52(74(4,5)6)41-55(40-51)79-67-44-61-48(32-30-46-22-15-17-24-57(46)61)34-65(67)78-66-35-49-33-31-47-23-16-18-25-58(47)62(49)45-68(66)80(56-42-53(75(7,8)9)39-54(43-56)76(10,11)12)70-37-50(36-69(79)72(70)78)59-27-21-29-64-71(59)60-26-19-20-28-63(60)77(64,13)14/h15-45H,1-14H3. The second-order valence-corrected chi connectivity index (χ2v) is 28.3. The van der Waals surface area contributed by atoms with E-state index in [1.165, 1.54) is 149 Å². The average molecular weight is 1040 g/mol. The van der Waals surface area contributed by atoms with Crippen LogP contribution in [0, 0.1) is 0 Å². The highest BCUT2D eigenvalue weighted by Gasteiger charge is 2.46. The maximum atomic E-state index is 2.70. The molecule has 14 rings (SSSR count). The molecule has 0 saturated carbocycles. The lowest BCUT2D eigenvalue weighted by atomic mass is 9.33. The first kappa shape index (κ1) is 50.4. The van der Waals surface area contributed by atoms with Gasteiger partial charge in [-0.2, -0.15) is 0 Å². The Morgan fingerprint density at radius 3 is 1.20 bits per heavy atom. The molecule has 0 unspecified atom stereocenters. The second kappa shape index (κ2) is 17.1. The fourth-order valence-electron chi connectivity index (χ4n) is 13.9. The molecule has 0 N–H and O–H groups in total. The van der Waals surface area contributed by atoms with Gasteiger partial charge in [0.2, 0.25) is 0 Å². The molecule has 11 aromatic carbocycles. The van der Waals surface area contributed by atoms with E-state index < -0.39 is 0 Å². The zero-order valence-corrected chi connectivity index (χ0v) is 49.4. The van der Waals surface area contributed by atoms with Crippen molar-refractivity contribution in [2.24, 2.45) is 0 Å². The summed E-state index contributed by atoms with van der Waals surface area (Å²) in [6, 6.07) is 74.0. The van der Waals surface area contributed by atoms with E-state index in [2.05, 4.69) is 295 Å². The summed E-state index contributed by atoms with van der Waals surface area (Å²) in [5.74, 6) is 0. The summed E-state index contributed by atoms with van der Waals surface area (Å²) in [5, 5.41) is 10.1. The van der Waals surface area contributed by atoms with Crippen molar-refractivity contribution in [3.05, 3.63) is 221 Å². The second-order valence-electron chi connectivity index (χ2n) is 28.3. The lowest BCUT2D eigenvalue weighted by Crippen LogP contribution is -2.61. The average Bonchev–Trinajstić information content (AvgIpc) is 1.56. The minimum Gasteiger partial charge on any atom is -0.311 e. The van der Waals surface area contributed by atoms with Crippen LogP contribution in [-0.2, 0) is 27.1 Å². The van der Waals surface area contributed by atoms with Crippen molar-refractivity contribution in [2.75, 3.05) is 9.80 Å². The van der Waals surface area contributed by atoms with E-state index in [9.17, 15) is 0 Å². The summed E-state index contributed by atoms with van der Waals surface area (Å²) in [5.41, 5.74) is 23.9. The molecule has 0 amide bonds. The van der Waals surface area contributed by atoms with E-state index in [1.807, 2.05) is 0 Å². The molecule has 0 aromatic heterocycles. The van der Waals surface area contributed by atoms with Gasteiger partial charge in [0, 0.05) is 39.5 Å². The number of hydrogen-bond donors (Lipinski definition) is 0. The highest BCUT2D eigenvalue weighted by atomic mass is 15.2. The van der Waals surface area contributed by atoms with E-state index in [-0.39, 0.29) is 33.8 Å². The van der Waals surface area contributed by atoms with Crippen LogP contribution >= 0.6 is 0 Å². The molecule has 2 nitrogen and oxygen atoms in total. The number of fused-ring (bicyclic) bond motifs is 13. The van der Waals surface area contributed by atoms with Crippen molar-refractivity contribution < 1.29 is 0 Å². The summed E-state index contributed by atoms with van der Waals surface area (Å²) in [6.07, 6.45) is 0. The van der Waals surface area contributed by atoms with Gasteiger partial charge in [-0.1, -0.05) is 236 Å². The third-order valence-electron chi connectivity index (χ3n) is 18.5. The van der Waals surface area contributed by atoms with Gasteiger partial charge in [0.25, 0.3) is 6.71 Å². The summed E-state index contributed by atoms with van der Waals surface area (Å²) in [6.45, 7) is 33.2. The maximum Gasteiger partial charge on any atom is 0.252 e. The van der Waals surface area contributed by atoms with E-state index in [0.717, 1.165) is 0 Å². The van der Waals surface area contributed by atoms with Crippen molar-refractivity contribution in [2.45, 2.75) is 124 Å². The number of benzene rings is 11. The molecule has 3 aliphatic rings. The molecule has 394 valence electrons. The summed E-state index contributed by atoms with van der Waals surface area (Å²) in [4.78, 5) is 5.40. The number of nitrogens with zero attached hydrogens (tertiary/aromatic N) is 2. The molecule has 0 fully saturated rings. The van der Waals surface area contributed by atoms with Gasteiger partial charge in [0.1, 0.15) is 0 Å². The quantitative estimate of drug-likeness (QED) is 0.129. The van der Waals surface area contributed by atoms with Crippen LogP contribution in [0.25, 0.3) is 65.3 Å². The summed E-state index contributed by atoms with van der Waals surface area (Å²) >= 11 is 0. The van der Waals surface area contributed by atoms with Gasteiger partial charge in [0.15, 0.2) is 0 Å². The normalized spacial score (nSPS) is 14.7. The third-order valence-corrected chi connectivity index (χ3v) is 18.5. The molecule has 2 heterocycles. The molecular formula is C77H73BN2. The molecule has 11 aromatic rings. The van der Waals surface area contributed by atoms with Crippen LogP contribution in [0.4, 0.5) is 34.1 Å². The van der Waals surface area contributed by atoms with Crippen LogP contribution in [-0.4, -0.2) is 6.71 Å². The first-order chi connectivity index (χ1) is 37.9. The first-order valence-electron chi connectivity index (χ1n) is 29.2. The number of rotatable bonds is 3.